The average molecular weight is 465 g/mol. The van der Waals surface area contributed by atoms with Crippen molar-refractivity contribution in [3.8, 4) is 0 Å². The van der Waals surface area contributed by atoms with Gasteiger partial charge in [0.1, 0.15) is 5.97 Å². The molecule has 1 atom stereocenters. The molecule has 31 heavy (non-hydrogen) atoms. The molecular formula is C23H48N2O5S. The van der Waals surface area contributed by atoms with Crippen LogP contribution in [0.15, 0.2) is 0 Å². The summed E-state index contributed by atoms with van der Waals surface area (Å²) in [6.45, 7) is 6.15. The van der Waals surface area contributed by atoms with Crippen LogP contribution in [-0.2, 0) is 14.9 Å². The zero-order valence-corrected chi connectivity index (χ0v) is 21.4. The molecule has 186 valence electrons. The van der Waals surface area contributed by atoms with Crippen LogP contribution in [0, 0.1) is 0 Å². The van der Waals surface area contributed by atoms with E-state index in [-0.39, 0.29) is 23.9 Å². The molecule has 0 rings (SSSR count). The van der Waals surface area contributed by atoms with E-state index < -0.39 is 32.9 Å². The standard InChI is InChI=1S/C23H48N2O5S/c1-6-7-8-9-10-11-12-13-14-15-17-22(2,3)25(4,5)23(20-24,21(26)27)18-16-19-31(28,29)30/h6-20,24H2,1-5H3,(H-,26,27,28,29,30). The second-order valence-electron chi connectivity index (χ2n) is 10.1. The summed E-state index contributed by atoms with van der Waals surface area (Å²) in [7, 11) is -0.475. The lowest BCUT2D eigenvalue weighted by atomic mass is 9.81. The maximum Gasteiger partial charge on any atom is 0.264 e. The lowest BCUT2D eigenvalue weighted by Crippen LogP contribution is -2.76. The molecule has 0 aromatic heterocycles. The number of carbonyl (C=O) groups excluding carboxylic acids is 1. The van der Waals surface area contributed by atoms with Crippen molar-refractivity contribution in [3.05, 3.63) is 0 Å². The normalized spacial score (nSPS) is 15.1. The van der Waals surface area contributed by atoms with E-state index in [9.17, 15) is 18.3 Å². The number of rotatable bonds is 19. The van der Waals surface area contributed by atoms with Gasteiger partial charge < -0.3 is 20.1 Å². The average Bonchev–Trinajstić information content (AvgIpc) is 2.65. The Morgan fingerprint density at radius 2 is 1.35 bits per heavy atom. The van der Waals surface area contributed by atoms with Gasteiger partial charge in [-0.3, -0.25) is 4.55 Å². The summed E-state index contributed by atoms with van der Waals surface area (Å²) in [5.74, 6) is -1.76. The molecule has 0 spiro atoms. The number of carboxylic acids is 1. The zero-order valence-electron chi connectivity index (χ0n) is 20.6. The number of nitrogens with two attached hydrogens (primary N) is 1. The lowest BCUT2D eigenvalue weighted by molar-refractivity contribution is -0.977. The molecular weight excluding hydrogens is 416 g/mol. The van der Waals surface area contributed by atoms with E-state index >= 15 is 0 Å². The number of unbranched alkanes of at least 4 members (excludes halogenated alkanes) is 9. The number of aliphatic carboxylic acids is 1. The number of nitrogens with zero attached hydrogens (tertiary/aromatic N) is 1. The molecule has 3 N–H and O–H groups in total. The van der Waals surface area contributed by atoms with Gasteiger partial charge in [0.25, 0.3) is 10.1 Å². The Labute approximate surface area is 191 Å². The van der Waals surface area contributed by atoms with Gasteiger partial charge in [0.05, 0.1) is 31.9 Å². The molecule has 0 aliphatic rings. The summed E-state index contributed by atoms with van der Waals surface area (Å²) >= 11 is 0. The molecule has 0 fully saturated rings. The number of carbonyl (C=O) groups is 1. The van der Waals surface area contributed by atoms with Gasteiger partial charge in [0.2, 0.25) is 0 Å². The van der Waals surface area contributed by atoms with Crippen molar-refractivity contribution in [3.63, 3.8) is 0 Å². The highest BCUT2D eigenvalue weighted by atomic mass is 32.2. The van der Waals surface area contributed by atoms with E-state index in [4.69, 9.17) is 10.3 Å². The minimum absolute atomic E-state index is 0.0139. The third-order valence-electron chi connectivity index (χ3n) is 7.44. The van der Waals surface area contributed by atoms with E-state index in [2.05, 4.69) is 6.92 Å². The van der Waals surface area contributed by atoms with Crippen molar-refractivity contribution in [2.75, 3.05) is 26.4 Å². The summed E-state index contributed by atoms with van der Waals surface area (Å²) < 4.78 is 31.3. The molecule has 0 amide bonds. The predicted octanol–water partition coefficient (Wildman–Crippen LogP) is 3.27. The first-order valence-electron chi connectivity index (χ1n) is 12.0. The lowest BCUT2D eigenvalue weighted by Gasteiger charge is -2.57. The Kier molecular flexibility index (Phi) is 13.4. The number of hydrogen-bond donors (Lipinski definition) is 2. The Balaban J connectivity index is 4.82. The summed E-state index contributed by atoms with van der Waals surface area (Å²) in [6.07, 6.45) is 13.3. The van der Waals surface area contributed by atoms with Crippen LogP contribution in [0.25, 0.3) is 0 Å². The van der Waals surface area contributed by atoms with Crippen LogP contribution in [0.3, 0.4) is 0 Å². The number of likely N-dealkylation sites (N-methyl/N-ethyl adjacent to an activating group) is 1. The number of hydrogen-bond acceptors (Lipinski definition) is 5. The number of quaternary nitrogens is 1. The highest BCUT2D eigenvalue weighted by Crippen LogP contribution is 2.37. The summed E-state index contributed by atoms with van der Waals surface area (Å²) in [6, 6.07) is 0. The van der Waals surface area contributed by atoms with Crippen LogP contribution in [-0.4, -0.2) is 60.9 Å². The molecule has 0 radical (unpaired) electrons. The topological polar surface area (TPSA) is 121 Å². The van der Waals surface area contributed by atoms with Crippen molar-refractivity contribution in [1.29, 1.82) is 0 Å². The van der Waals surface area contributed by atoms with Crippen molar-refractivity contribution >= 4 is 16.1 Å². The molecule has 0 bridgehead atoms. The van der Waals surface area contributed by atoms with Crippen molar-refractivity contribution < 1.29 is 27.4 Å². The van der Waals surface area contributed by atoms with Crippen molar-refractivity contribution in [1.82, 2.24) is 0 Å². The highest BCUT2D eigenvalue weighted by Gasteiger charge is 2.53. The van der Waals surface area contributed by atoms with Gasteiger partial charge in [-0.15, -0.1) is 0 Å². The van der Waals surface area contributed by atoms with Gasteiger partial charge >= 0.3 is 0 Å². The van der Waals surface area contributed by atoms with Gasteiger partial charge in [0, 0.05) is 12.8 Å². The van der Waals surface area contributed by atoms with E-state index in [1.165, 1.54) is 51.4 Å². The molecule has 0 saturated carbocycles. The molecule has 0 aliphatic heterocycles. The van der Waals surface area contributed by atoms with Gasteiger partial charge in [0.15, 0.2) is 5.54 Å². The van der Waals surface area contributed by atoms with Gasteiger partial charge in [-0.25, -0.2) is 0 Å². The zero-order chi connectivity index (χ0) is 24.2. The molecule has 0 aliphatic carbocycles. The summed E-state index contributed by atoms with van der Waals surface area (Å²) in [5.41, 5.74) is 4.13. The molecule has 8 heteroatoms. The largest absolute Gasteiger partial charge is 0.544 e. The van der Waals surface area contributed by atoms with Crippen LogP contribution < -0.4 is 10.8 Å². The van der Waals surface area contributed by atoms with E-state index in [1.54, 1.807) is 0 Å². The van der Waals surface area contributed by atoms with Crippen LogP contribution in [0.4, 0.5) is 0 Å². The second-order valence-corrected chi connectivity index (χ2v) is 11.7. The minimum atomic E-state index is -4.15. The van der Waals surface area contributed by atoms with Gasteiger partial charge in [-0.05, 0) is 26.7 Å². The summed E-state index contributed by atoms with van der Waals surface area (Å²) in [5, 5.41) is 12.2. The molecule has 0 aromatic rings. The van der Waals surface area contributed by atoms with E-state index in [0.29, 0.717) is 0 Å². The molecule has 0 heterocycles. The van der Waals surface area contributed by atoms with Crippen LogP contribution in [0.2, 0.25) is 0 Å². The Morgan fingerprint density at radius 1 is 0.903 bits per heavy atom. The Hall–Kier alpha value is -0.700. The number of carboxylic acid groups (broad SMARTS) is 1. The van der Waals surface area contributed by atoms with Crippen LogP contribution >= 0.6 is 0 Å². The third kappa shape index (κ3) is 9.76. The molecule has 7 nitrogen and oxygen atoms in total. The van der Waals surface area contributed by atoms with Gasteiger partial charge in [-0.2, -0.15) is 8.42 Å². The molecule has 0 aromatic carbocycles. The maximum atomic E-state index is 12.2. The maximum absolute atomic E-state index is 12.2. The highest BCUT2D eigenvalue weighted by molar-refractivity contribution is 7.85. The predicted molar refractivity (Wildman–Crippen MR) is 125 cm³/mol. The fourth-order valence-corrected chi connectivity index (χ4v) is 4.98. The smallest absolute Gasteiger partial charge is 0.264 e. The molecule has 1 unspecified atom stereocenters. The monoisotopic (exact) mass is 464 g/mol. The minimum Gasteiger partial charge on any atom is -0.544 e. The van der Waals surface area contributed by atoms with E-state index in [0.717, 1.165) is 19.3 Å². The Bertz CT molecular complexity index is 619. The Morgan fingerprint density at radius 3 is 1.74 bits per heavy atom. The van der Waals surface area contributed by atoms with Crippen LogP contribution in [0.1, 0.15) is 104 Å². The first-order chi connectivity index (χ1) is 14.3. The second kappa shape index (κ2) is 13.8. The quantitative estimate of drug-likeness (QED) is 0.172. The van der Waals surface area contributed by atoms with Crippen molar-refractivity contribution in [2.45, 2.75) is 115 Å². The molecule has 0 saturated heterocycles. The van der Waals surface area contributed by atoms with Gasteiger partial charge in [-0.1, -0.05) is 64.7 Å². The van der Waals surface area contributed by atoms with Crippen molar-refractivity contribution in [2.24, 2.45) is 5.73 Å². The first kappa shape index (κ1) is 30.3. The SMILES string of the molecule is CCCCCCCCCCCCC(C)(C)[N+](C)(C)C(CN)(CCCS(=O)(=O)O)C(=O)[O-]. The van der Waals surface area contributed by atoms with E-state index in [1.807, 2.05) is 27.9 Å². The first-order valence-corrected chi connectivity index (χ1v) is 13.6. The fourth-order valence-electron chi connectivity index (χ4n) is 4.47. The third-order valence-corrected chi connectivity index (χ3v) is 8.24. The fraction of sp³-hybridized carbons (Fsp3) is 0.957. The van der Waals surface area contributed by atoms with Crippen LogP contribution in [0.5, 0.6) is 0 Å². The summed E-state index contributed by atoms with van der Waals surface area (Å²) in [4.78, 5) is 12.2.